The standard InChI is InChI=1S/C14H17ClN2O3/c1-3-9-19-10-11-7-5-6-8-12(11)16-17-13(15)14(18)20-4-2/h3,5-8,16H,1,4,9-10H2,2H3/b17-13+. The molecule has 0 amide bonds. The van der Waals surface area contributed by atoms with Crippen LogP contribution in [0, 0.1) is 0 Å². The van der Waals surface area contributed by atoms with E-state index in [9.17, 15) is 4.79 Å². The number of nitrogens with one attached hydrogen (secondary N) is 1. The number of para-hydroxylation sites is 1. The van der Waals surface area contributed by atoms with Crippen LogP contribution in [-0.2, 0) is 20.9 Å². The van der Waals surface area contributed by atoms with Crippen molar-refractivity contribution in [2.24, 2.45) is 5.10 Å². The molecule has 1 aromatic carbocycles. The monoisotopic (exact) mass is 296 g/mol. The fourth-order valence-corrected chi connectivity index (χ4v) is 1.45. The summed E-state index contributed by atoms with van der Waals surface area (Å²) in [5, 5.41) is 3.53. The first-order chi connectivity index (χ1) is 9.69. The summed E-state index contributed by atoms with van der Waals surface area (Å²) in [6.07, 6.45) is 1.67. The lowest BCUT2D eigenvalue weighted by atomic mass is 10.2. The second-order valence-electron chi connectivity index (χ2n) is 3.70. The van der Waals surface area contributed by atoms with Gasteiger partial charge in [0.25, 0.3) is 0 Å². The van der Waals surface area contributed by atoms with Crippen LogP contribution in [0.4, 0.5) is 5.69 Å². The van der Waals surface area contributed by atoms with Gasteiger partial charge in [-0.25, -0.2) is 4.79 Å². The number of benzene rings is 1. The molecule has 1 rings (SSSR count). The van der Waals surface area contributed by atoms with Gasteiger partial charge in [0.2, 0.25) is 5.17 Å². The quantitative estimate of drug-likeness (QED) is 0.263. The highest BCUT2D eigenvalue weighted by atomic mass is 35.5. The summed E-state index contributed by atoms with van der Waals surface area (Å²) < 4.78 is 10.1. The minimum absolute atomic E-state index is 0.247. The van der Waals surface area contributed by atoms with E-state index in [2.05, 4.69) is 17.1 Å². The molecule has 0 fully saturated rings. The first-order valence-electron chi connectivity index (χ1n) is 6.11. The van der Waals surface area contributed by atoms with Crippen LogP contribution in [0.3, 0.4) is 0 Å². The molecule has 0 aliphatic heterocycles. The lowest BCUT2D eigenvalue weighted by Gasteiger charge is -2.08. The zero-order valence-corrected chi connectivity index (χ0v) is 12.0. The normalized spacial score (nSPS) is 11.0. The number of carbonyl (C=O) groups excluding carboxylic acids is 1. The molecule has 0 unspecified atom stereocenters. The maximum absolute atomic E-state index is 11.3. The fraction of sp³-hybridized carbons (Fsp3) is 0.286. The molecule has 20 heavy (non-hydrogen) atoms. The minimum Gasteiger partial charge on any atom is -0.461 e. The Kier molecular flexibility index (Phi) is 7.39. The number of anilines is 1. The van der Waals surface area contributed by atoms with Crippen molar-refractivity contribution in [2.75, 3.05) is 18.6 Å². The van der Waals surface area contributed by atoms with Gasteiger partial charge < -0.3 is 9.47 Å². The molecule has 0 saturated heterocycles. The van der Waals surface area contributed by atoms with E-state index < -0.39 is 5.97 Å². The lowest BCUT2D eigenvalue weighted by Crippen LogP contribution is -2.13. The van der Waals surface area contributed by atoms with E-state index in [0.717, 1.165) is 5.56 Å². The van der Waals surface area contributed by atoms with E-state index in [0.29, 0.717) is 18.9 Å². The summed E-state index contributed by atoms with van der Waals surface area (Å²) in [5.74, 6) is -0.665. The van der Waals surface area contributed by atoms with Crippen molar-refractivity contribution in [3.63, 3.8) is 0 Å². The predicted molar refractivity (Wildman–Crippen MR) is 79.8 cm³/mol. The van der Waals surface area contributed by atoms with Gasteiger partial charge in [-0.2, -0.15) is 5.10 Å². The Morgan fingerprint density at radius 3 is 2.95 bits per heavy atom. The summed E-state index contributed by atoms with van der Waals surface area (Å²) >= 11 is 5.71. The molecule has 0 atom stereocenters. The molecule has 1 aromatic rings. The number of halogens is 1. The molecule has 0 aliphatic rings. The minimum atomic E-state index is -0.665. The van der Waals surface area contributed by atoms with Crippen molar-refractivity contribution in [2.45, 2.75) is 13.5 Å². The molecule has 0 aliphatic carbocycles. The number of carbonyl (C=O) groups is 1. The zero-order chi connectivity index (χ0) is 14.8. The molecule has 108 valence electrons. The number of hydrogen-bond acceptors (Lipinski definition) is 5. The maximum Gasteiger partial charge on any atom is 0.370 e. The van der Waals surface area contributed by atoms with Gasteiger partial charge in [-0.1, -0.05) is 35.9 Å². The van der Waals surface area contributed by atoms with Gasteiger partial charge in [-0.3, -0.25) is 5.43 Å². The number of ether oxygens (including phenoxy) is 2. The van der Waals surface area contributed by atoms with Gasteiger partial charge >= 0.3 is 5.97 Å². The van der Waals surface area contributed by atoms with Gasteiger partial charge in [-0.15, -0.1) is 6.58 Å². The van der Waals surface area contributed by atoms with Crippen LogP contribution in [0.1, 0.15) is 12.5 Å². The molecule has 0 aromatic heterocycles. The topological polar surface area (TPSA) is 59.9 Å². The Morgan fingerprint density at radius 1 is 1.50 bits per heavy atom. The SMILES string of the molecule is C=CCOCc1ccccc1N/N=C(/Cl)C(=O)OCC. The van der Waals surface area contributed by atoms with Gasteiger partial charge in [0.15, 0.2) is 0 Å². The maximum atomic E-state index is 11.3. The molecule has 0 radical (unpaired) electrons. The Balaban J connectivity index is 2.69. The largest absolute Gasteiger partial charge is 0.461 e. The van der Waals surface area contributed by atoms with Gasteiger partial charge in [0, 0.05) is 5.56 Å². The number of hydrogen-bond donors (Lipinski definition) is 1. The third-order valence-electron chi connectivity index (χ3n) is 2.23. The van der Waals surface area contributed by atoms with Crippen LogP contribution in [0.25, 0.3) is 0 Å². The number of rotatable bonds is 8. The second-order valence-corrected chi connectivity index (χ2v) is 4.05. The van der Waals surface area contributed by atoms with Gasteiger partial charge in [-0.05, 0) is 13.0 Å². The summed E-state index contributed by atoms with van der Waals surface area (Å²) in [4.78, 5) is 11.3. The van der Waals surface area contributed by atoms with Gasteiger partial charge in [0.05, 0.1) is 25.5 Å². The summed E-state index contributed by atoms with van der Waals surface area (Å²) in [7, 11) is 0. The van der Waals surface area contributed by atoms with Crippen molar-refractivity contribution in [1.82, 2.24) is 0 Å². The number of esters is 1. The average Bonchev–Trinajstić information content (AvgIpc) is 2.46. The summed E-state index contributed by atoms with van der Waals surface area (Å²) in [6.45, 7) is 6.39. The molecule has 0 saturated carbocycles. The molecular formula is C14H17ClN2O3. The van der Waals surface area contributed by atoms with Gasteiger partial charge in [0.1, 0.15) is 0 Å². The Hall–Kier alpha value is -1.85. The Bertz CT molecular complexity index is 489. The van der Waals surface area contributed by atoms with E-state index in [4.69, 9.17) is 21.1 Å². The Morgan fingerprint density at radius 2 is 2.25 bits per heavy atom. The van der Waals surface area contributed by atoms with Crippen LogP contribution in [0.5, 0.6) is 0 Å². The fourth-order valence-electron chi connectivity index (χ4n) is 1.35. The average molecular weight is 297 g/mol. The second kappa shape index (κ2) is 9.12. The van der Waals surface area contributed by atoms with Crippen molar-refractivity contribution >= 4 is 28.4 Å². The molecule has 0 spiro atoms. The van der Waals surface area contributed by atoms with E-state index >= 15 is 0 Å². The number of hydrazone groups is 1. The zero-order valence-electron chi connectivity index (χ0n) is 11.3. The molecule has 5 nitrogen and oxygen atoms in total. The van der Waals surface area contributed by atoms with Crippen molar-refractivity contribution in [1.29, 1.82) is 0 Å². The highest BCUT2D eigenvalue weighted by Crippen LogP contribution is 2.16. The van der Waals surface area contributed by atoms with E-state index in [1.165, 1.54) is 0 Å². The Labute approximate surface area is 123 Å². The van der Waals surface area contributed by atoms with Crippen LogP contribution >= 0.6 is 11.6 Å². The molecule has 6 heteroatoms. The van der Waals surface area contributed by atoms with E-state index in [1.807, 2.05) is 24.3 Å². The highest BCUT2D eigenvalue weighted by molar-refractivity contribution is 6.82. The molecule has 1 N–H and O–H groups in total. The number of nitrogens with zero attached hydrogens (tertiary/aromatic N) is 1. The molecule has 0 heterocycles. The van der Waals surface area contributed by atoms with Crippen molar-refractivity contribution in [3.05, 3.63) is 42.5 Å². The molecular weight excluding hydrogens is 280 g/mol. The molecule has 0 bridgehead atoms. The lowest BCUT2D eigenvalue weighted by molar-refractivity contribution is -0.134. The predicted octanol–water partition coefficient (Wildman–Crippen LogP) is 2.92. The van der Waals surface area contributed by atoms with Crippen LogP contribution in [0.2, 0.25) is 0 Å². The van der Waals surface area contributed by atoms with E-state index in [-0.39, 0.29) is 11.8 Å². The third-order valence-corrected chi connectivity index (χ3v) is 2.47. The third kappa shape index (κ3) is 5.42. The highest BCUT2D eigenvalue weighted by Gasteiger charge is 2.09. The van der Waals surface area contributed by atoms with Crippen LogP contribution in [-0.4, -0.2) is 24.4 Å². The first-order valence-corrected chi connectivity index (χ1v) is 6.49. The van der Waals surface area contributed by atoms with Crippen LogP contribution in [0.15, 0.2) is 42.0 Å². The summed E-state index contributed by atoms with van der Waals surface area (Å²) in [6, 6.07) is 7.42. The summed E-state index contributed by atoms with van der Waals surface area (Å²) in [5.41, 5.74) is 4.33. The van der Waals surface area contributed by atoms with Crippen molar-refractivity contribution < 1.29 is 14.3 Å². The van der Waals surface area contributed by atoms with Crippen molar-refractivity contribution in [3.8, 4) is 0 Å². The van der Waals surface area contributed by atoms with E-state index in [1.54, 1.807) is 13.0 Å². The smallest absolute Gasteiger partial charge is 0.370 e. The van der Waals surface area contributed by atoms with Crippen LogP contribution < -0.4 is 5.43 Å². The first kappa shape index (κ1) is 16.2.